The second kappa shape index (κ2) is 6.16. The zero-order chi connectivity index (χ0) is 16.6. The van der Waals surface area contributed by atoms with Crippen molar-refractivity contribution in [1.29, 1.82) is 0 Å². The number of amidine groups is 1. The first-order chi connectivity index (χ1) is 11.0. The number of halogens is 1. The number of allylic oxidation sites excluding steroid dienone is 1. The third-order valence-corrected chi connectivity index (χ3v) is 4.75. The molecule has 0 aliphatic carbocycles. The van der Waals surface area contributed by atoms with Crippen LogP contribution in [0.4, 0.5) is 4.39 Å². The van der Waals surface area contributed by atoms with Gasteiger partial charge in [-0.25, -0.2) is 14.2 Å². The Morgan fingerprint density at radius 3 is 2.74 bits per heavy atom. The number of benzene rings is 1. The van der Waals surface area contributed by atoms with Gasteiger partial charge in [-0.2, -0.15) is 0 Å². The molecule has 7 heteroatoms. The molecule has 0 saturated carbocycles. The van der Waals surface area contributed by atoms with Crippen molar-refractivity contribution in [2.24, 2.45) is 4.99 Å². The standard InChI is InChI=1S/C16H15FN2O3S/c1-9-13(15(21)22-2)14(10-3-5-11(17)6-4-10)19-12(20)7-8-23-16(19)18-9/h3-6,14H,7-8H2,1-2H3. The molecule has 120 valence electrons. The number of aliphatic imine (C=N–C) groups is 1. The first-order valence-corrected chi connectivity index (χ1v) is 8.09. The molecule has 2 aliphatic heterocycles. The molecule has 2 heterocycles. The Hall–Kier alpha value is -2.15. The van der Waals surface area contributed by atoms with Crippen molar-refractivity contribution in [1.82, 2.24) is 4.90 Å². The minimum Gasteiger partial charge on any atom is -0.466 e. The van der Waals surface area contributed by atoms with Crippen LogP contribution in [0.1, 0.15) is 24.9 Å². The van der Waals surface area contributed by atoms with Crippen LogP contribution >= 0.6 is 11.8 Å². The molecule has 1 saturated heterocycles. The Balaban J connectivity index is 2.17. The molecule has 5 nitrogen and oxygen atoms in total. The SMILES string of the molecule is COC(=O)C1=C(C)N=C2SCCC(=O)N2C1c1ccc(F)cc1. The lowest BCUT2D eigenvalue weighted by Crippen LogP contribution is -2.45. The Labute approximate surface area is 137 Å². The van der Waals surface area contributed by atoms with Crippen molar-refractivity contribution in [3.63, 3.8) is 0 Å². The van der Waals surface area contributed by atoms with Gasteiger partial charge in [0.05, 0.1) is 24.4 Å². The van der Waals surface area contributed by atoms with E-state index < -0.39 is 12.0 Å². The highest BCUT2D eigenvalue weighted by Crippen LogP contribution is 2.40. The number of thioether (sulfide) groups is 1. The summed E-state index contributed by atoms with van der Waals surface area (Å²) in [5, 5.41) is 0.570. The number of rotatable bonds is 2. The predicted molar refractivity (Wildman–Crippen MR) is 85.2 cm³/mol. The molecule has 0 aromatic heterocycles. The second-order valence-corrected chi connectivity index (χ2v) is 6.26. The van der Waals surface area contributed by atoms with E-state index in [1.54, 1.807) is 19.1 Å². The fourth-order valence-corrected chi connectivity index (χ4v) is 3.73. The van der Waals surface area contributed by atoms with E-state index in [4.69, 9.17) is 4.74 Å². The zero-order valence-corrected chi connectivity index (χ0v) is 13.5. The maximum absolute atomic E-state index is 13.3. The molecule has 0 bridgehead atoms. The largest absolute Gasteiger partial charge is 0.466 e. The smallest absolute Gasteiger partial charge is 0.338 e. The van der Waals surface area contributed by atoms with Gasteiger partial charge < -0.3 is 4.74 Å². The minimum absolute atomic E-state index is 0.106. The van der Waals surface area contributed by atoms with E-state index in [0.29, 0.717) is 34.2 Å². The molecule has 1 unspecified atom stereocenters. The Bertz CT molecular complexity index is 727. The topological polar surface area (TPSA) is 59.0 Å². The minimum atomic E-state index is -0.643. The quantitative estimate of drug-likeness (QED) is 0.780. The maximum atomic E-state index is 13.3. The number of fused-ring (bicyclic) bond motifs is 1. The fourth-order valence-electron chi connectivity index (χ4n) is 2.73. The van der Waals surface area contributed by atoms with Crippen molar-refractivity contribution < 1.29 is 18.7 Å². The van der Waals surface area contributed by atoms with Crippen LogP contribution in [0.25, 0.3) is 0 Å². The number of ether oxygens (including phenoxy) is 1. The Kier molecular flexibility index (Phi) is 4.21. The number of carbonyl (C=O) groups is 2. The molecule has 1 fully saturated rings. The van der Waals surface area contributed by atoms with Gasteiger partial charge in [-0.1, -0.05) is 23.9 Å². The van der Waals surface area contributed by atoms with Crippen molar-refractivity contribution >= 4 is 28.8 Å². The Morgan fingerprint density at radius 2 is 2.09 bits per heavy atom. The predicted octanol–water partition coefficient (Wildman–Crippen LogP) is 2.65. The van der Waals surface area contributed by atoms with Gasteiger partial charge in [-0.3, -0.25) is 9.69 Å². The van der Waals surface area contributed by atoms with Crippen LogP contribution in [-0.2, 0) is 14.3 Å². The number of methoxy groups -OCH3 is 1. The van der Waals surface area contributed by atoms with Crippen LogP contribution in [0, 0.1) is 5.82 Å². The molecule has 0 spiro atoms. The lowest BCUT2D eigenvalue weighted by atomic mass is 9.94. The summed E-state index contributed by atoms with van der Waals surface area (Å²) in [4.78, 5) is 30.6. The second-order valence-electron chi connectivity index (χ2n) is 5.20. The van der Waals surface area contributed by atoms with Gasteiger partial charge in [0.25, 0.3) is 0 Å². The highest BCUT2D eigenvalue weighted by atomic mass is 32.2. The van der Waals surface area contributed by atoms with Gasteiger partial charge in [0, 0.05) is 12.2 Å². The third-order valence-electron chi connectivity index (χ3n) is 3.80. The number of carbonyl (C=O) groups excluding carboxylic acids is 2. The summed E-state index contributed by atoms with van der Waals surface area (Å²) in [6, 6.07) is 5.13. The van der Waals surface area contributed by atoms with E-state index in [9.17, 15) is 14.0 Å². The molecular formula is C16H15FN2O3S. The molecular weight excluding hydrogens is 319 g/mol. The Morgan fingerprint density at radius 1 is 1.39 bits per heavy atom. The van der Waals surface area contributed by atoms with Crippen molar-refractivity contribution in [3.8, 4) is 0 Å². The van der Waals surface area contributed by atoms with Gasteiger partial charge in [0.2, 0.25) is 5.91 Å². The highest BCUT2D eigenvalue weighted by Gasteiger charge is 2.41. The number of amides is 1. The number of esters is 1. The summed E-state index contributed by atoms with van der Waals surface area (Å²) in [6.45, 7) is 1.72. The van der Waals surface area contributed by atoms with E-state index in [1.807, 2.05) is 0 Å². The average molecular weight is 334 g/mol. The molecule has 1 amide bonds. The zero-order valence-electron chi connectivity index (χ0n) is 12.7. The fraction of sp³-hybridized carbons (Fsp3) is 0.312. The first kappa shape index (κ1) is 15.7. The van der Waals surface area contributed by atoms with Crippen LogP contribution in [0.5, 0.6) is 0 Å². The molecule has 2 aliphatic rings. The van der Waals surface area contributed by atoms with Gasteiger partial charge in [0.1, 0.15) is 5.82 Å². The van der Waals surface area contributed by atoms with E-state index >= 15 is 0 Å². The summed E-state index contributed by atoms with van der Waals surface area (Å²) in [6.07, 6.45) is 0.370. The van der Waals surface area contributed by atoms with Gasteiger partial charge in [-0.15, -0.1) is 0 Å². The molecule has 0 N–H and O–H groups in total. The van der Waals surface area contributed by atoms with Crippen LogP contribution in [0.3, 0.4) is 0 Å². The summed E-state index contributed by atoms with van der Waals surface area (Å²) < 4.78 is 18.1. The maximum Gasteiger partial charge on any atom is 0.338 e. The number of hydrogen-bond acceptors (Lipinski definition) is 5. The van der Waals surface area contributed by atoms with Crippen molar-refractivity contribution in [2.75, 3.05) is 12.9 Å². The van der Waals surface area contributed by atoms with E-state index in [1.165, 1.54) is 35.9 Å². The van der Waals surface area contributed by atoms with Gasteiger partial charge in [0.15, 0.2) is 5.17 Å². The summed E-state index contributed by atoms with van der Waals surface area (Å²) in [7, 11) is 1.29. The molecule has 0 radical (unpaired) electrons. The van der Waals surface area contributed by atoms with Crippen LogP contribution in [0.2, 0.25) is 0 Å². The average Bonchev–Trinajstić information content (AvgIpc) is 2.54. The van der Waals surface area contributed by atoms with Crippen molar-refractivity contribution in [3.05, 3.63) is 46.9 Å². The van der Waals surface area contributed by atoms with Gasteiger partial charge in [-0.05, 0) is 24.6 Å². The van der Waals surface area contributed by atoms with Gasteiger partial charge >= 0.3 is 5.97 Å². The molecule has 1 aromatic carbocycles. The molecule has 3 rings (SSSR count). The van der Waals surface area contributed by atoms with Crippen molar-refractivity contribution in [2.45, 2.75) is 19.4 Å². The summed E-state index contributed by atoms with van der Waals surface area (Å²) >= 11 is 1.47. The normalized spacial score (nSPS) is 21.0. The monoisotopic (exact) mass is 334 g/mol. The van der Waals surface area contributed by atoms with E-state index in [-0.39, 0.29) is 11.7 Å². The lowest BCUT2D eigenvalue weighted by Gasteiger charge is -2.38. The number of nitrogens with zero attached hydrogens (tertiary/aromatic N) is 2. The van der Waals surface area contributed by atoms with Crippen LogP contribution in [0.15, 0.2) is 40.5 Å². The van der Waals surface area contributed by atoms with Crippen LogP contribution < -0.4 is 0 Å². The van der Waals surface area contributed by atoms with E-state index in [2.05, 4.69) is 4.99 Å². The lowest BCUT2D eigenvalue weighted by molar-refractivity contribution is -0.137. The summed E-state index contributed by atoms with van der Waals surface area (Å²) in [5.74, 6) is -0.364. The van der Waals surface area contributed by atoms with E-state index in [0.717, 1.165) is 0 Å². The number of hydrogen-bond donors (Lipinski definition) is 0. The van der Waals surface area contributed by atoms with Crippen LogP contribution in [-0.4, -0.2) is 34.8 Å². The molecule has 1 atom stereocenters. The summed E-state index contributed by atoms with van der Waals surface area (Å²) in [5.41, 5.74) is 1.47. The first-order valence-electron chi connectivity index (χ1n) is 7.11. The molecule has 1 aromatic rings. The third kappa shape index (κ3) is 2.76. The highest BCUT2D eigenvalue weighted by molar-refractivity contribution is 8.14. The molecule has 23 heavy (non-hydrogen) atoms.